The fraction of sp³-hybridized carbons (Fsp3) is 0.429. The maximum atomic E-state index is 10.8. The number of nitrogens with zero attached hydrogens (tertiary/aromatic N) is 2. The molecule has 1 atom stereocenters. The second kappa shape index (κ2) is 6.25. The van der Waals surface area contributed by atoms with Gasteiger partial charge in [0, 0.05) is 6.61 Å². The van der Waals surface area contributed by atoms with Crippen LogP contribution in [0.15, 0.2) is 23.4 Å². The minimum Gasteiger partial charge on any atom is -0.481 e. The van der Waals surface area contributed by atoms with E-state index in [4.69, 9.17) is 21.4 Å². The molecule has 1 aliphatic heterocycles. The second-order valence-corrected chi connectivity index (χ2v) is 6.28. The number of ether oxygens (including phenoxy) is 1. The number of carbonyl (C=O) groups is 1. The fourth-order valence-corrected chi connectivity index (χ4v) is 3.53. The molecule has 1 aromatic carbocycles. The van der Waals surface area contributed by atoms with E-state index in [2.05, 4.69) is 4.98 Å². The molecule has 1 aromatic heterocycles. The normalized spacial score (nSPS) is 18.4. The number of rotatable bonds is 5. The summed E-state index contributed by atoms with van der Waals surface area (Å²) < 4.78 is 7.67. The predicted molar refractivity (Wildman–Crippen MR) is 82.1 cm³/mol. The Kier molecular flexibility index (Phi) is 4.37. The van der Waals surface area contributed by atoms with Gasteiger partial charge in [0.1, 0.15) is 0 Å². The predicted octanol–water partition coefficient (Wildman–Crippen LogP) is 3.05. The van der Waals surface area contributed by atoms with E-state index in [-0.39, 0.29) is 11.9 Å². The van der Waals surface area contributed by atoms with Crippen molar-refractivity contribution in [3.05, 3.63) is 23.2 Å². The number of aromatic nitrogens is 2. The Morgan fingerprint density at radius 2 is 2.43 bits per heavy atom. The molecule has 2 aromatic rings. The van der Waals surface area contributed by atoms with Crippen molar-refractivity contribution < 1.29 is 14.6 Å². The van der Waals surface area contributed by atoms with Crippen molar-refractivity contribution in [3.8, 4) is 0 Å². The lowest BCUT2D eigenvalue weighted by molar-refractivity contribution is -0.133. The zero-order valence-electron chi connectivity index (χ0n) is 11.3. The van der Waals surface area contributed by atoms with E-state index in [0.717, 1.165) is 30.5 Å². The van der Waals surface area contributed by atoms with Gasteiger partial charge in [-0.25, -0.2) is 4.98 Å². The number of hydrogen-bond acceptors (Lipinski definition) is 4. The molecule has 0 radical (unpaired) electrons. The Morgan fingerprint density at radius 3 is 3.14 bits per heavy atom. The summed E-state index contributed by atoms with van der Waals surface area (Å²) in [5.41, 5.74) is 1.64. The van der Waals surface area contributed by atoms with Gasteiger partial charge in [-0.2, -0.15) is 0 Å². The van der Waals surface area contributed by atoms with Gasteiger partial charge in [0.25, 0.3) is 0 Å². The van der Waals surface area contributed by atoms with Crippen molar-refractivity contribution in [1.82, 2.24) is 9.55 Å². The number of imidazole rings is 1. The highest BCUT2D eigenvalue weighted by atomic mass is 35.5. The molecule has 7 heteroatoms. The average Bonchev–Trinajstić information content (AvgIpc) is 3.06. The Morgan fingerprint density at radius 1 is 1.57 bits per heavy atom. The summed E-state index contributed by atoms with van der Waals surface area (Å²) in [4.78, 5) is 15.3. The first kappa shape index (κ1) is 14.7. The average molecular weight is 327 g/mol. The minimum absolute atomic E-state index is 0.0214. The van der Waals surface area contributed by atoms with Gasteiger partial charge in [-0.1, -0.05) is 29.4 Å². The highest BCUT2D eigenvalue weighted by Crippen LogP contribution is 2.30. The van der Waals surface area contributed by atoms with Crippen molar-refractivity contribution in [2.45, 2.75) is 30.6 Å². The van der Waals surface area contributed by atoms with E-state index in [9.17, 15) is 4.79 Å². The number of aliphatic carboxylic acids is 1. The highest BCUT2D eigenvalue weighted by molar-refractivity contribution is 7.99. The standard InChI is InChI=1S/C14H15ClN2O3S/c15-10-4-1-5-11-13(10)17(7-9-3-2-6-20-9)14(16-11)21-8-12(18)19/h1,4-5,9H,2-3,6-8H2,(H,18,19). The van der Waals surface area contributed by atoms with Gasteiger partial charge in [0.2, 0.25) is 0 Å². The molecule has 0 bridgehead atoms. The van der Waals surface area contributed by atoms with Crippen LogP contribution < -0.4 is 0 Å². The first-order valence-electron chi connectivity index (χ1n) is 6.76. The maximum Gasteiger partial charge on any atom is 0.313 e. The van der Waals surface area contributed by atoms with E-state index in [0.29, 0.717) is 16.7 Å². The SMILES string of the molecule is O=C(O)CSc1nc2cccc(Cl)c2n1CC1CCCO1. The van der Waals surface area contributed by atoms with Crippen LogP contribution in [0.2, 0.25) is 5.02 Å². The van der Waals surface area contributed by atoms with Crippen LogP contribution in [0.1, 0.15) is 12.8 Å². The van der Waals surface area contributed by atoms with Crippen LogP contribution in [0.5, 0.6) is 0 Å². The third-order valence-electron chi connectivity index (χ3n) is 3.42. The highest BCUT2D eigenvalue weighted by Gasteiger charge is 2.21. The van der Waals surface area contributed by atoms with Gasteiger partial charge in [0.15, 0.2) is 5.16 Å². The molecule has 5 nitrogen and oxygen atoms in total. The number of carboxylic acids is 1. The van der Waals surface area contributed by atoms with Gasteiger partial charge >= 0.3 is 5.97 Å². The van der Waals surface area contributed by atoms with Gasteiger partial charge in [-0.05, 0) is 25.0 Å². The van der Waals surface area contributed by atoms with Crippen LogP contribution >= 0.6 is 23.4 Å². The van der Waals surface area contributed by atoms with Gasteiger partial charge in [-0.15, -0.1) is 0 Å². The second-order valence-electron chi connectivity index (χ2n) is 4.93. The summed E-state index contributed by atoms with van der Waals surface area (Å²) in [6.45, 7) is 1.44. The van der Waals surface area contributed by atoms with E-state index in [1.165, 1.54) is 11.8 Å². The van der Waals surface area contributed by atoms with Crippen LogP contribution in [0, 0.1) is 0 Å². The largest absolute Gasteiger partial charge is 0.481 e. The number of thioether (sulfide) groups is 1. The molecule has 1 unspecified atom stereocenters. The molecule has 1 fully saturated rings. The molecule has 0 spiro atoms. The summed E-state index contributed by atoms with van der Waals surface area (Å²) in [7, 11) is 0. The maximum absolute atomic E-state index is 10.8. The third kappa shape index (κ3) is 3.17. The Labute approximate surface area is 131 Å². The smallest absolute Gasteiger partial charge is 0.313 e. The van der Waals surface area contributed by atoms with Crippen molar-refractivity contribution in [2.75, 3.05) is 12.4 Å². The van der Waals surface area contributed by atoms with E-state index >= 15 is 0 Å². The molecule has 0 saturated carbocycles. The minimum atomic E-state index is -0.859. The first-order valence-corrected chi connectivity index (χ1v) is 8.12. The van der Waals surface area contributed by atoms with Gasteiger partial charge in [-0.3, -0.25) is 4.79 Å². The molecule has 2 heterocycles. The van der Waals surface area contributed by atoms with E-state index in [1.807, 2.05) is 22.8 Å². The summed E-state index contributed by atoms with van der Waals surface area (Å²) in [6, 6.07) is 5.56. The molecule has 21 heavy (non-hydrogen) atoms. The monoisotopic (exact) mass is 326 g/mol. The van der Waals surface area contributed by atoms with Crippen molar-refractivity contribution >= 4 is 40.4 Å². The zero-order chi connectivity index (χ0) is 14.8. The first-order chi connectivity index (χ1) is 10.1. The molecule has 1 N–H and O–H groups in total. The number of hydrogen-bond donors (Lipinski definition) is 1. The Bertz CT molecular complexity index is 668. The van der Waals surface area contributed by atoms with E-state index in [1.54, 1.807) is 0 Å². The van der Waals surface area contributed by atoms with E-state index < -0.39 is 5.97 Å². The quantitative estimate of drug-likeness (QED) is 0.856. The molecule has 1 saturated heterocycles. The van der Waals surface area contributed by atoms with Gasteiger partial charge < -0.3 is 14.4 Å². The summed E-state index contributed by atoms with van der Waals surface area (Å²) in [5, 5.41) is 10.2. The number of benzene rings is 1. The van der Waals surface area contributed by atoms with Crippen LogP contribution in [-0.2, 0) is 16.1 Å². The fourth-order valence-electron chi connectivity index (χ4n) is 2.52. The molecular formula is C14H15ClN2O3S. The topological polar surface area (TPSA) is 64.3 Å². The lowest BCUT2D eigenvalue weighted by Crippen LogP contribution is -2.16. The summed E-state index contributed by atoms with van der Waals surface area (Å²) >= 11 is 7.51. The number of fused-ring (bicyclic) bond motifs is 1. The van der Waals surface area contributed by atoms with Crippen LogP contribution in [0.4, 0.5) is 0 Å². The van der Waals surface area contributed by atoms with Crippen molar-refractivity contribution in [3.63, 3.8) is 0 Å². The molecule has 0 aliphatic carbocycles. The lowest BCUT2D eigenvalue weighted by Gasteiger charge is -2.14. The van der Waals surface area contributed by atoms with Gasteiger partial charge in [0.05, 0.1) is 34.5 Å². The molecule has 0 amide bonds. The third-order valence-corrected chi connectivity index (χ3v) is 4.68. The Hall–Kier alpha value is -1.24. The molecular weight excluding hydrogens is 312 g/mol. The number of para-hydroxylation sites is 1. The molecule has 112 valence electrons. The van der Waals surface area contributed by atoms with Crippen molar-refractivity contribution in [1.29, 1.82) is 0 Å². The zero-order valence-corrected chi connectivity index (χ0v) is 12.9. The number of carboxylic acid groups (broad SMARTS) is 1. The number of halogens is 1. The van der Waals surface area contributed by atoms with Crippen LogP contribution in [0.3, 0.4) is 0 Å². The summed E-state index contributed by atoms with van der Waals surface area (Å²) in [6.07, 6.45) is 2.21. The summed E-state index contributed by atoms with van der Waals surface area (Å²) in [5.74, 6) is -0.881. The Balaban J connectivity index is 1.98. The van der Waals surface area contributed by atoms with Crippen LogP contribution in [-0.4, -0.2) is 39.1 Å². The molecule has 3 rings (SSSR count). The molecule has 1 aliphatic rings. The van der Waals surface area contributed by atoms with Crippen molar-refractivity contribution in [2.24, 2.45) is 0 Å². The van der Waals surface area contributed by atoms with Crippen LogP contribution in [0.25, 0.3) is 11.0 Å². The lowest BCUT2D eigenvalue weighted by atomic mass is 10.2.